The van der Waals surface area contributed by atoms with Crippen LogP contribution in [-0.4, -0.2) is 42.2 Å². The molecule has 0 spiro atoms. The summed E-state index contributed by atoms with van der Waals surface area (Å²) in [5, 5.41) is 12.7. The van der Waals surface area contributed by atoms with Gasteiger partial charge in [-0.3, -0.25) is 4.90 Å². The molecule has 0 radical (unpaired) electrons. The molecule has 1 saturated heterocycles. The minimum Gasteiger partial charge on any atom is -0.508 e. The zero-order chi connectivity index (χ0) is 17.2. The van der Waals surface area contributed by atoms with Crippen LogP contribution >= 0.6 is 0 Å². The number of nitrogens with one attached hydrogen (secondary N) is 1. The number of rotatable bonds is 10. The van der Waals surface area contributed by atoms with Gasteiger partial charge in [-0.25, -0.2) is 0 Å². The molecule has 2 rings (SSSR count). The topological polar surface area (TPSA) is 35.5 Å². The molecule has 0 amide bonds. The molecule has 2 N–H and O–H groups in total. The summed E-state index contributed by atoms with van der Waals surface area (Å²) in [6.45, 7) is 4.77. The van der Waals surface area contributed by atoms with E-state index >= 15 is 0 Å². The number of likely N-dealkylation sites (tertiary alicyclic amines) is 1. The zero-order valence-corrected chi connectivity index (χ0v) is 15.6. The molecule has 1 aromatic rings. The lowest BCUT2D eigenvalue weighted by Gasteiger charge is -2.41. The summed E-state index contributed by atoms with van der Waals surface area (Å²) in [4.78, 5) is 2.82. The van der Waals surface area contributed by atoms with E-state index < -0.39 is 0 Å². The van der Waals surface area contributed by atoms with Crippen LogP contribution in [0.25, 0.3) is 0 Å². The fourth-order valence-corrected chi connectivity index (χ4v) is 4.10. The van der Waals surface area contributed by atoms with Crippen LogP contribution in [0.1, 0.15) is 63.9 Å². The van der Waals surface area contributed by atoms with Crippen LogP contribution in [0.4, 0.5) is 0 Å². The van der Waals surface area contributed by atoms with Gasteiger partial charge < -0.3 is 10.4 Å². The van der Waals surface area contributed by atoms with Gasteiger partial charge in [0.25, 0.3) is 0 Å². The molecule has 24 heavy (non-hydrogen) atoms. The van der Waals surface area contributed by atoms with Crippen LogP contribution in [0.5, 0.6) is 5.75 Å². The maximum Gasteiger partial charge on any atom is 0.115 e. The van der Waals surface area contributed by atoms with Crippen LogP contribution in [0.15, 0.2) is 24.3 Å². The lowest BCUT2D eigenvalue weighted by atomic mass is 9.94. The predicted octanol–water partition coefficient (Wildman–Crippen LogP) is 4.35. The van der Waals surface area contributed by atoms with Crippen molar-refractivity contribution in [2.45, 2.75) is 76.8 Å². The number of hydrogen-bond donors (Lipinski definition) is 2. The molecule has 1 fully saturated rings. The number of hydrogen-bond acceptors (Lipinski definition) is 3. The average molecular weight is 333 g/mol. The Labute approximate surface area is 148 Å². The molecule has 136 valence electrons. The molecular formula is C21H36N2O. The van der Waals surface area contributed by atoms with Crippen molar-refractivity contribution in [3.05, 3.63) is 29.8 Å². The van der Waals surface area contributed by atoms with Crippen molar-refractivity contribution in [3.8, 4) is 5.75 Å². The highest BCUT2D eigenvalue weighted by atomic mass is 16.3. The highest BCUT2D eigenvalue weighted by Crippen LogP contribution is 2.26. The van der Waals surface area contributed by atoms with E-state index in [1.165, 1.54) is 63.5 Å². The first-order valence-electron chi connectivity index (χ1n) is 9.92. The van der Waals surface area contributed by atoms with E-state index in [0.717, 1.165) is 25.0 Å². The predicted molar refractivity (Wildman–Crippen MR) is 103 cm³/mol. The molecule has 0 aromatic heterocycles. The van der Waals surface area contributed by atoms with Gasteiger partial charge in [-0.05, 0) is 82.8 Å². The molecule has 2 unspecified atom stereocenters. The van der Waals surface area contributed by atoms with Gasteiger partial charge in [0, 0.05) is 12.1 Å². The Balaban J connectivity index is 1.80. The number of aryl methyl sites for hydroxylation is 1. The lowest BCUT2D eigenvalue weighted by molar-refractivity contribution is 0.0804. The van der Waals surface area contributed by atoms with E-state index in [9.17, 15) is 5.11 Å². The van der Waals surface area contributed by atoms with Crippen LogP contribution in [-0.2, 0) is 6.42 Å². The van der Waals surface area contributed by atoms with Crippen LogP contribution in [0.3, 0.4) is 0 Å². The summed E-state index contributed by atoms with van der Waals surface area (Å²) in [6, 6.07) is 9.23. The van der Waals surface area contributed by atoms with Gasteiger partial charge in [-0.15, -0.1) is 0 Å². The monoisotopic (exact) mass is 332 g/mol. The third-order valence-electron chi connectivity index (χ3n) is 5.53. The number of phenolic OH excluding ortho intramolecular Hbond substituents is 1. The summed E-state index contributed by atoms with van der Waals surface area (Å²) in [5.74, 6) is 0.363. The van der Waals surface area contributed by atoms with E-state index in [1.54, 1.807) is 12.1 Å². The second-order valence-corrected chi connectivity index (χ2v) is 7.25. The van der Waals surface area contributed by atoms with Crippen molar-refractivity contribution < 1.29 is 5.11 Å². The molecule has 3 heteroatoms. The van der Waals surface area contributed by atoms with E-state index in [4.69, 9.17) is 0 Å². The summed E-state index contributed by atoms with van der Waals surface area (Å²) >= 11 is 0. The van der Waals surface area contributed by atoms with E-state index in [2.05, 4.69) is 24.2 Å². The first-order chi connectivity index (χ1) is 11.7. The lowest BCUT2D eigenvalue weighted by Crippen LogP contribution is -2.46. The molecule has 0 bridgehead atoms. The number of unbranched alkanes of at least 4 members (excludes halogenated alkanes) is 1. The van der Waals surface area contributed by atoms with Crippen molar-refractivity contribution >= 4 is 0 Å². The van der Waals surface area contributed by atoms with Crippen LogP contribution < -0.4 is 5.32 Å². The highest BCUT2D eigenvalue weighted by Gasteiger charge is 2.26. The van der Waals surface area contributed by atoms with Crippen molar-refractivity contribution in [2.75, 3.05) is 20.1 Å². The molecule has 1 aromatic carbocycles. The smallest absolute Gasteiger partial charge is 0.115 e. The Kier molecular flexibility index (Phi) is 8.62. The summed E-state index contributed by atoms with van der Waals surface area (Å²) in [6.07, 6.45) is 11.7. The van der Waals surface area contributed by atoms with Crippen molar-refractivity contribution in [2.24, 2.45) is 0 Å². The van der Waals surface area contributed by atoms with Gasteiger partial charge in [0.1, 0.15) is 5.75 Å². The third-order valence-corrected chi connectivity index (χ3v) is 5.53. The summed E-state index contributed by atoms with van der Waals surface area (Å²) in [7, 11) is 2.06. The molecule has 0 saturated carbocycles. The minimum atomic E-state index is 0.363. The molecule has 1 heterocycles. The average Bonchev–Trinajstić information content (AvgIpc) is 2.62. The summed E-state index contributed by atoms with van der Waals surface area (Å²) in [5.41, 5.74) is 1.34. The van der Waals surface area contributed by atoms with Gasteiger partial charge in [-0.2, -0.15) is 0 Å². The molecular weight excluding hydrogens is 296 g/mol. The standard InChI is InChI=1S/C21H36N2O/c1-3-19-9-6-7-17-23(19)20(15-16-22-2)10-5-4-8-18-11-13-21(24)14-12-18/h11-14,19-20,22,24H,3-10,15-17H2,1-2H3. The molecule has 2 atom stereocenters. The number of benzene rings is 1. The molecule has 1 aliphatic rings. The zero-order valence-electron chi connectivity index (χ0n) is 15.6. The number of nitrogens with zero attached hydrogens (tertiary/aromatic N) is 1. The number of piperidine rings is 1. The van der Waals surface area contributed by atoms with E-state index in [-0.39, 0.29) is 0 Å². The largest absolute Gasteiger partial charge is 0.508 e. The Morgan fingerprint density at radius 1 is 1.17 bits per heavy atom. The molecule has 1 aliphatic heterocycles. The van der Waals surface area contributed by atoms with Crippen molar-refractivity contribution in [3.63, 3.8) is 0 Å². The SMILES string of the molecule is CCC1CCCCN1C(CCCCc1ccc(O)cc1)CCNC. The minimum absolute atomic E-state index is 0.363. The Morgan fingerprint density at radius 3 is 2.67 bits per heavy atom. The Bertz CT molecular complexity index is 446. The third kappa shape index (κ3) is 6.10. The van der Waals surface area contributed by atoms with Gasteiger partial charge in [0.05, 0.1) is 0 Å². The van der Waals surface area contributed by atoms with Crippen molar-refractivity contribution in [1.82, 2.24) is 10.2 Å². The second kappa shape index (κ2) is 10.7. The summed E-state index contributed by atoms with van der Waals surface area (Å²) < 4.78 is 0. The van der Waals surface area contributed by atoms with Gasteiger partial charge in [0.2, 0.25) is 0 Å². The molecule has 0 aliphatic carbocycles. The molecule has 3 nitrogen and oxygen atoms in total. The number of aromatic hydroxyl groups is 1. The quantitative estimate of drug-likeness (QED) is 0.625. The Hall–Kier alpha value is -1.06. The number of phenols is 1. The van der Waals surface area contributed by atoms with Crippen LogP contribution in [0.2, 0.25) is 0 Å². The van der Waals surface area contributed by atoms with Crippen molar-refractivity contribution in [1.29, 1.82) is 0 Å². The fraction of sp³-hybridized carbons (Fsp3) is 0.714. The van der Waals surface area contributed by atoms with Gasteiger partial charge in [0.15, 0.2) is 0 Å². The van der Waals surface area contributed by atoms with Gasteiger partial charge >= 0.3 is 0 Å². The van der Waals surface area contributed by atoms with E-state index in [1.807, 2.05) is 12.1 Å². The highest BCUT2D eigenvalue weighted by molar-refractivity contribution is 5.25. The normalized spacial score (nSPS) is 20.2. The second-order valence-electron chi connectivity index (χ2n) is 7.25. The van der Waals surface area contributed by atoms with Crippen LogP contribution in [0, 0.1) is 0 Å². The maximum absolute atomic E-state index is 9.36. The maximum atomic E-state index is 9.36. The first-order valence-corrected chi connectivity index (χ1v) is 9.92. The Morgan fingerprint density at radius 2 is 1.96 bits per heavy atom. The fourth-order valence-electron chi connectivity index (χ4n) is 4.10. The van der Waals surface area contributed by atoms with E-state index in [0.29, 0.717) is 5.75 Å². The first kappa shape index (κ1) is 19.3. The van der Waals surface area contributed by atoms with Gasteiger partial charge in [-0.1, -0.05) is 31.9 Å².